The highest BCUT2D eigenvalue weighted by Gasteiger charge is 2.07. The summed E-state index contributed by atoms with van der Waals surface area (Å²) in [6.07, 6.45) is 3.67. The molecule has 0 atom stereocenters. The molecule has 0 spiro atoms. The fourth-order valence-electron chi connectivity index (χ4n) is 2.14. The van der Waals surface area contributed by atoms with Gasteiger partial charge in [-0.2, -0.15) is 0 Å². The van der Waals surface area contributed by atoms with Crippen molar-refractivity contribution in [3.63, 3.8) is 0 Å². The number of pyridine rings is 1. The van der Waals surface area contributed by atoms with E-state index in [0.29, 0.717) is 12.1 Å². The third-order valence-corrected chi connectivity index (χ3v) is 3.44. The van der Waals surface area contributed by atoms with Crippen LogP contribution in [0.25, 0.3) is 0 Å². The highest BCUT2D eigenvalue weighted by atomic mass is 16.1. The van der Waals surface area contributed by atoms with E-state index in [1.807, 2.05) is 44.3 Å². The van der Waals surface area contributed by atoms with Crippen LogP contribution in [0.3, 0.4) is 0 Å². The molecule has 0 bridgehead atoms. The van der Waals surface area contributed by atoms with Crippen LogP contribution in [0.4, 0.5) is 5.69 Å². The lowest BCUT2D eigenvalue weighted by Crippen LogP contribution is -2.22. The van der Waals surface area contributed by atoms with Crippen molar-refractivity contribution >= 4 is 11.6 Å². The van der Waals surface area contributed by atoms with E-state index >= 15 is 0 Å². The van der Waals surface area contributed by atoms with Crippen molar-refractivity contribution in [3.05, 3.63) is 58.9 Å². The quantitative estimate of drug-likeness (QED) is 0.886. The van der Waals surface area contributed by atoms with Crippen molar-refractivity contribution in [2.45, 2.75) is 27.3 Å². The van der Waals surface area contributed by atoms with Crippen molar-refractivity contribution in [1.29, 1.82) is 0 Å². The second-order valence-electron chi connectivity index (χ2n) is 5.04. The van der Waals surface area contributed by atoms with E-state index < -0.39 is 0 Å². The van der Waals surface area contributed by atoms with Crippen LogP contribution in [-0.4, -0.2) is 17.4 Å². The predicted octanol–water partition coefficient (Wildman–Crippen LogP) is 3.06. The van der Waals surface area contributed by atoms with E-state index in [0.717, 1.165) is 17.8 Å². The number of carbonyl (C=O) groups is 1. The zero-order valence-corrected chi connectivity index (χ0v) is 12.7. The third kappa shape index (κ3) is 3.81. The molecule has 1 aromatic carbocycles. The van der Waals surface area contributed by atoms with Gasteiger partial charge in [-0.05, 0) is 61.7 Å². The highest BCUT2D eigenvalue weighted by molar-refractivity contribution is 5.94. The van der Waals surface area contributed by atoms with Crippen LogP contribution in [0.1, 0.15) is 34.0 Å². The lowest BCUT2D eigenvalue weighted by atomic mass is 10.1. The second-order valence-corrected chi connectivity index (χ2v) is 5.04. The van der Waals surface area contributed by atoms with E-state index in [1.165, 1.54) is 11.1 Å². The second kappa shape index (κ2) is 6.88. The monoisotopic (exact) mass is 283 g/mol. The van der Waals surface area contributed by atoms with E-state index in [4.69, 9.17) is 0 Å². The number of aromatic nitrogens is 1. The summed E-state index contributed by atoms with van der Waals surface area (Å²) in [7, 11) is 0. The molecule has 110 valence electrons. The SMILES string of the molecule is CCNC(=O)c1ccc(NCc2cnccc2C)c(C)c1. The summed E-state index contributed by atoms with van der Waals surface area (Å²) in [5, 5.41) is 6.20. The van der Waals surface area contributed by atoms with Gasteiger partial charge in [-0.3, -0.25) is 9.78 Å². The first-order chi connectivity index (χ1) is 10.1. The zero-order valence-electron chi connectivity index (χ0n) is 12.7. The summed E-state index contributed by atoms with van der Waals surface area (Å²) >= 11 is 0. The number of amides is 1. The van der Waals surface area contributed by atoms with Gasteiger partial charge in [0.15, 0.2) is 0 Å². The van der Waals surface area contributed by atoms with Crippen molar-refractivity contribution in [2.75, 3.05) is 11.9 Å². The molecule has 0 aliphatic heterocycles. The molecule has 0 aliphatic carbocycles. The van der Waals surface area contributed by atoms with E-state index in [1.54, 1.807) is 6.20 Å². The molecule has 2 rings (SSSR count). The summed E-state index contributed by atoms with van der Waals surface area (Å²) in [5.41, 5.74) is 5.17. The molecule has 0 aliphatic rings. The van der Waals surface area contributed by atoms with Crippen molar-refractivity contribution in [2.24, 2.45) is 0 Å². The van der Waals surface area contributed by atoms with Crippen LogP contribution < -0.4 is 10.6 Å². The number of carbonyl (C=O) groups excluding carboxylic acids is 1. The number of anilines is 1. The maximum atomic E-state index is 11.8. The molecule has 21 heavy (non-hydrogen) atoms. The average Bonchev–Trinajstić information content (AvgIpc) is 2.47. The van der Waals surface area contributed by atoms with Gasteiger partial charge in [0.25, 0.3) is 5.91 Å². The topological polar surface area (TPSA) is 54.0 Å². The van der Waals surface area contributed by atoms with Crippen molar-refractivity contribution in [3.8, 4) is 0 Å². The molecule has 1 amide bonds. The minimum absolute atomic E-state index is 0.0322. The molecule has 4 nitrogen and oxygen atoms in total. The number of nitrogens with zero attached hydrogens (tertiary/aromatic N) is 1. The van der Waals surface area contributed by atoms with Gasteiger partial charge in [-0.1, -0.05) is 0 Å². The van der Waals surface area contributed by atoms with Crippen LogP contribution in [0.5, 0.6) is 0 Å². The molecule has 0 fully saturated rings. The standard InChI is InChI=1S/C17H21N3O/c1-4-19-17(21)14-5-6-16(13(3)9-14)20-11-15-10-18-8-7-12(15)2/h5-10,20H,4,11H2,1-3H3,(H,19,21). The fourth-order valence-corrected chi connectivity index (χ4v) is 2.14. The largest absolute Gasteiger partial charge is 0.381 e. The molecule has 1 heterocycles. The van der Waals surface area contributed by atoms with Gasteiger partial charge in [0, 0.05) is 36.7 Å². The summed E-state index contributed by atoms with van der Waals surface area (Å²) in [4.78, 5) is 15.9. The maximum absolute atomic E-state index is 11.8. The lowest BCUT2D eigenvalue weighted by molar-refractivity contribution is 0.0956. The number of aryl methyl sites for hydroxylation is 2. The molecular weight excluding hydrogens is 262 g/mol. The Bertz CT molecular complexity index is 638. The predicted molar refractivity (Wildman–Crippen MR) is 85.5 cm³/mol. The number of hydrogen-bond acceptors (Lipinski definition) is 3. The van der Waals surface area contributed by atoms with Gasteiger partial charge in [-0.15, -0.1) is 0 Å². The molecule has 4 heteroatoms. The van der Waals surface area contributed by atoms with Gasteiger partial charge in [0.2, 0.25) is 0 Å². The first-order valence-electron chi connectivity index (χ1n) is 7.14. The Balaban J connectivity index is 2.08. The highest BCUT2D eigenvalue weighted by Crippen LogP contribution is 2.18. The third-order valence-electron chi connectivity index (χ3n) is 3.44. The van der Waals surface area contributed by atoms with Crippen LogP contribution in [-0.2, 0) is 6.54 Å². The summed E-state index contributed by atoms with van der Waals surface area (Å²) < 4.78 is 0. The normalized spacial score (nSPS) is 10.2. The molecule has 0 saturated heterocycles. The first kappa shape index (κ1) is 15.0. The van der Waals surface area contributed by atoms with Gasteiger partial charge in [0.1, 0.15) is 0 Å². The summed E-state index contributed by atoms with van der Waals surface area (Å²) in [5.74, 6) is -0.0322. The Morgan fingerprint density at radius 1 is 1.19 bits per heavy atom. The molecule has 0 saturated carbocycles. The Kier molecular flexibility index (Phi) is 4.93. The molecule has 0 unspecified atom stereocenters. The smallest absolute Gasteiger partial charge is 0.251 e. The maximum Gasteiger partial charge on any atom is 0.251 e. The number of nitrogens with one attached hydrogen (secondary N) is 2. The lowest BCUT2D eigenvalue weighted by Gasteiger charge is -2.12. The number of benzene rings is 1. The van der Waals surface area contributed by atoms with Gasteiger partial charge in [0.05, 0.1) is 0 Å². The minimum atomic E-state index is -0.0322. The first-order valence-corrected chi connectivity index (χ1v) is 7.14. The molecule has 2 aromatic rings. The number of rotatable bonds is 5. The Morgan fingerprint density at radius 2 is 2.00 bits per heavy atom. The van der Waals surface area contributed by atoms with E-state index in [9.17, 15) is 4.79 Å². The van der Waals surface area contributed by atoms with E-state index in [2.05, 4.69) is 22.5 Å². The molecular formula is C17H21N3O. The van der Waals surface area contributed by atoms with Crippen LogP contribution in [0.15, 0.2) is 36.7 Å². The van der Waals surface area contributed by atoms with Crippen LogP contribution in [0.2, 0.25) is 0 Å². The average molecular weight is 283 g/mol. The summed E-state index contributed by atoms with van der Waals surface area (Å²) in [6.45, 7) is 7.35. The fraction of sp³-hybridized carbons (Fsp3) is 0.294. The minimum Gasteiger partial charge on any atom is -0.381 e. The molecule has 2 N–H and O–H groups in total. The van der Waals surface area contributed by atoms with Crippen LogP contribution in [0, 0.1) is 13.8 Å². The Morgan fingerprint density at radius 3 is 2.67 bits per heavy atom. The summed E-state index contributed by atoms with van der Waals surface area (Å²) in [6, 6.07) is 7.70. The van der Waals surface area contributed by atoms with Crippen LogP contribution >= 0.6 is 0 Å². The van der Waals surface area contributed by atoms with Gasteiger partial charge in [-0.25, -0.2) is 0 Å². The van der Waals surface area contributed by atoms with Gasteiger partial charge >= 0.3 is 0 Å². The number of hydrogen-bond donors (Lipinski definition) is 2. The Hall–Kier alpha value is -2.36. The van der Waals surface area contributed by atoms with E-state index in [-0.39, 0.29) is 5.91 Å². The van der Waals surface area contributed by atoms with Gasteiger partial charge < -0.3 is 10.6 Å². The van der Waals surface area contributed by atoms with Crippen molar-refractivity contribution < 1.29 is 4.79 Å². The zero-order chi connectivity index (χ0) is 15.2. The van der Waals surface area contributed by atoms with Crippen molar-refractivity contribution in [1.82, 2.24) is 10.3 Å². The molecule has 1 aromatic heterocycles. The Labute approximate surface area is 125 Å². The molecule has 0 radical (unpaired) electrons.